The molecular weight excluding hydrogens is 216 g/mol. The van der Waals surface area contributed by atoms with Gasteiger partial charge in [-0.25, -0.2) is 0 Å². The molecule has 0 aliphatic heterocycles. The zero-order chi connectivity index (χ0) is 10.4. The highest BCUT2D eigenvalue weighted by atomic mass is 35.5. The molecule has 1 nitrogen and oxygen atoms in total. The summed E-state index contributed by atoms with van der Waals surface area (Å²) >= 11 is 5.70. The predicted octanol–water partition coefficient (Wildman–Crippen LogP) is 4.00. The van der Waals surface area contributed by atoms with Crippen molar-refractivity contribution < 1.29 is 5.11 Å². The lowest BCUT2D eigenvalue weighted by molar-refractivity contribution is 0.583. The van der Waals surface area contributed by atoms with Crippen LogP contribution in [0.2, 0.25) is 0 Å². The molecule has 78 valence electrons. The van der Waals surface area contributed by atoms with Crippen LogP contribution >= 0.6 is 22.1 Å². The van der Waals surface area contributed by atoms with Crippen LogP contribution in [-0.4, -0.2) is 15.4 Å². The lowest BCUT2D eigenvalue weighted by atomic mass is 10.4. The number of halogens is 1. The smallest absolute Gasteiger partial charge is 0.169 e. The van der Waals surface area contributed by atoms with Crippen LogP contribution in [0.1, 0.15) is 19.8 Å². The Balaban J connectivity index is 2.86. The van der Waals surface area contributed by atoms with Gasteiger partial charge in [-0.3, -0.25) is 0 Å². The second kappa shape index (κ2) is 6.23. The number of aliphatic hydroxyl groups is 1. The van der Waals surface area contributed by atoms with Crippen molar-refractivity contribution in [3.8, 4) is 0 Å². The molecule has 0 spiro atoms. The largest absolute Gasteiger partial charge is 0.346 e. The van der Waals surface area contributed by atoms with Crippen LogP contribution in [0.15, 0.2) is 35.2 Å². The van der Waals surface area contributed by atoms with Gasteiger partial charge in [-0.1, -0.05) is 31.5 Å². The molecule has 0 aliphatic carbocycles. The first kappa shape index (κ1) is 11.8. The minimum atomic E-state index is -0.302. The number of unbranched alkanes of at least 4 members (excludes halogenated alkanes) is 1. The Hall–Kier alpha value is -0.310. The van der Waals surface area contributed by atoms with Crippen molar-refractivity contribution in [3.05, 3.63) is 30.3 Å². The maximum Gasteiger partial charge on any atom is 0.169 e. The van der Waals surface area contributed by atoms with Gasteiger partial charge in [0.1, 0.15) is 0 Å². The third-order valence-corrected chi connectivity index (χ3v) is 4.44. The van der Waals surface area contributed by atoms with Gasteiger partial charge >= 0.3 is 0 Å². The Morgan fingerprint density at radius 1 is 1.36 bits per heavy atom. The molecular formula is C11H15ClOS. The number of aliphatic hydroxyl groups excluding tert-OH is 1. The molecule has 0 saturated heterocycles. The average molecular weight is 231 g/mol. The fraction of sp³-hybridized carbons (Fsp3) is 0.364. The summed E-state index contributed by atoms with van der Waals surface area (Å²) in [5.74, 6) is 0.940. The maximum absolute atomic E-state index is 9.39. The van der Waals surface area contributed by atoms with E-state index in [1.54, 1.807) is 0 Å². The fourth-order valence-electron chi connectivity index (χ4n) is 1.17. The van der Waals surface area contributed by atoms with Gasteiger partial charge in [0.25, 0.3) is 0 Å². The molecule has 0 saturated carbocycles. The van der Waals surface area contributed by atoms with E-state index in [0.717, 1.165) is 23.5 Å². The molecule has 1 atom stereocenters. The molecule has 0 aromatic heterocycles. The zero-order valence-corrected chi connectivity index (χ0v) is 9.81. The topological polar surface area (TPSA) is 20.2 Å². The summed E-state index contributed by atoms with van der Waals surface area (Å²) in [5.41, 5.74) is 0. The van der Waals surface area contributed by atoms with Gasteiger partial charge in [0.15, 0.2) is 4.51 Å². The molecule has 0 amide bonds. The van der Waals surface area contributed by atoms with E-state index in [2.05, 4.69) is 6.92 Å². The van der Waals surface area contributed by atoms with Crippen molar-refractivity contribution in [1.29, 1.82) is 0 Å². The minimum Gasteiger partial charge on any atom is -0.346 e. The maximum atomic E-state index is 9.39. The molecule has 0 heterocycles. The number of hydrogen-bond donors (Lipinski definition) is 1. The standard InChI is InChI=1S/C11H15ClOS/c1-2-3-9-14(11(12)13)10-7-5-4-6-8-10/h4-8,13H,2-3,9H2,1H3. The van der Waals surface area contributed by atoms with Crippen LogP contribution in [0.3, 0.4) is 0 Å². The fourth-order valence-corrected chi connectivity index (χ4v) is 3.33. The van der Waals surface area contributed by atoms with E-state index in [0.29, 0.717) is 0 Å². The van der Waals surface area contributed by atoms with Gasteiger partial charge in [-0.2, -0.15) is 0 Å². The van der Waals surface area contributed by atoms with Crippen molar-refractivity contribution in [1.82, 2.24) is 0 Å². The summed E-state index contributed by atoms with van der Waals surface area (Å²) in [6.07, 6.45) is 2.22. The highest BCUT2D eigenvalue weighted by molar-refractivity contribution is 8.17. The Morgan fingerprint density at radius 2 is 2.00 bits per heavy atom. The van der Waals surface area contributed by atoms with Crippen molar-refractivity contribution in [3.63, 3.8) is 0 Å². The SMILES string of the molecule is CCCCS(=C(O)Cl)c1ccccc1. The lowest BCUT2D eigenvalue weighted by Gasteiger charge is -2.08. The van der Waals surface area contributed by atoms with Crippen molar-refractivity contribution in [2.45, 2.75) is 24.7 Å². The number of hydrogen-bond acceptors (Lipinski definition) is 0. The molecule has 1 N–H and O–H groups in total. The highest BCUT2D eigenvalue weighted by Gasteiger charge is 2.03. The molecule has 0 bridgehead atoms. The lowest BCUT2D eigenvalue weighted by Crippen LogP contribution is -1.91. The van der Waals surface area contributed by atoms with E-state index < -0.39 is 0 Å². The van der Waals surface area contributed by atoms with Gasteiger partial charge in [0.05, 0.1) is 0 Å². The average Bonchev–Trinajstić information content (AvgIpc) is 2.19. The summed E-state index contributed by atoms with van der Waals surface area (Å²) in [4.78, 5) is 1.12. The van der Waals surface area contributed by atoms with Crippen molar-refractivity contribution in [2.24, 2.45) is 0 Å². The molecule has 0 radical (unpaired) electrons. The van der Waals surface area contributed by atoms with Gasteiger partial charge in [-0.15, -0.1) is 10.5 Å². The van der Waals surface area contributed by atoms with E-state index in [-0.39, 0.29) is 15.0 Å². The van der Waals surface area contributed by atoms with Crippen molar-refractivity contribution >= 4 is 26.6 Å². The first-order valence-corrected chi connectivity index (χ1v) is 6.50. The third-order valence-electron chi connectivity index (χ3n) is 1.93. The van der Waals surface area contributed by atoms with E-state index in [1.807, 2.05) is 30.3 Å². The van der Waals surface area contributed by atoms with Crippen LogP contribution in [0.4, 0.5) is 0 Å². The Kier molecular flexibility index (Phi) is 5.23. The Bertz CT molecular complexity index is 304. The van der Waals surface area contributed by atoms with Crippen LogP contribution in [-0.2, 0) is 0 Å². The predicted molar refractivity (Wildman–Crippen MR) is 65.6 cm³/mol. The zero-order valence-electron chi connectivity index (χ0n) is 8.24. The van der Waals surface area contributed by atoms with E-state index in [9.17, 15) is 5.11 Å². The molecule has 1 aromatic rings. The molecule has 0 fully saturated rings. The minimum absolute atomic E-state index is 0.0321. The van der Waals surface area contributed by atoms with Gasteiger partial charge in [0, 0.05) is 4.90 Å². The number of benzene rings is 1. The molecule has 3 heteroatoms. The highest BCUT2D eigenvalue weighted by Crippen LogP contribution is 2.29. The number of rotatable bonds is 4. The summed E-state index contributed by atoms with van der Waals surface area (Å²) in [6, 6.07) is 9.94. The van der Waals surface area contributed by atoms with Crippen LogP contribution in [0.5, 0.6) is 0 Å². The van der Waals surface area contributed by atoms with Crippen LogP contribution in [0.25, 0.3) is 0 Å². The second-order valence-corrected chi connectivity index (χ2v) is 5.64. The molecule has 1 rings (SSSR count). The van der Waals surface area contributed by atoms with E-state index in [1.165, 1.54) is 0 Å². The summed E-state index contributed by atoms with van der Waals surface area (Å²) in [5, 5.41) is 9.39. The Morgan fingerprint density at radius 3 is 2.50 bits per heavy atom. The van der Waals surface area contributed by atoms with E-state index in [4.69, 9.17) is 11.6 Å². The summed E-state index contributed by atoms with van der Waals surface area (Å²) < 4.78 is 0.0321. The first-order chi connectivity index (χ1) is 6.75. The third kappa shape index (κ3) is 3.45. The van der Waals surface area contributed by atoms with E-state index >= 15 is 0 Å². The van der Waals surface area contributed by atoms with Crippen LogP contribution < -0.4 is 0 Å². The summed E-state index contributed by atoms with van der Waals surface area (Å²) in [6.45, 7) is 2.14. The normalized spacial score (nSPS) is 13.8. The Labute approximate surface area is 92.6 Å². The monoisotopic (exact) mass is 230 g/mol. The molecule has 1 unspecified atom stereocenters. The van der Waals surface area contributed by atoms with Gasteiger partial charge in [0.2, 0.25) is 0 Å². The van der Waals surface area contributed by atoms with Crippen molar-refractivity contribution in [2.75, 3.05) is 5.75 Å². The summed E-state index contributed by atoms with van der Waals surface area (Å²) in [7, 11) is -0.302. The molecule has 1 aromatic carbocycles. The quantitative estimate of drug-likeness (QED) is 0.613. The second-order valence-electron chi connectivity index (χ2n) is 3.01. The van der Waals surface area contributed by atoms with Gasteiger partial charge in [-0.05, 0) is 35.9 Å². The molecule has 0 aliphatic rings. The first-order valence-electron chi connectivity index (χ1n) is 4.73. The van der Waals surface area contributed by atoms with Crippen LogP contribution in [0, 0.1) is 0 Å². The van der Waals surface area contributed by atoms with Gasteiger partial charge < -0.3 is 5.11 Å². The molecule has 14 heavy (non-hydrogen) atoms.